The van der Waals surface area contributed by atoms with Gasteiger partial charge in [-0.25, -0.2) is 4.98 Å². The molecule has 0 spiro atoms. The molecule has 1 amide bonds. The standard InChI is InChI=1S/C19H23N3O2/c1-20-18-12-15(9-10-21-18)19(23)22-11-3-4-16(13-22)14-5-7-17(24-2)8-6-14/h5-10,12,16H,3-4,11,13H2,1-2H3,(H,20,21). The van der Waals surface area contributed by atoms with Gasteiger partial charge < -0.3 is 15.0 Å². The van der Waals surface area contributed by atoms with E-state index < -0.39 is 0 Å². The summed E-state index contributed by atoms with van der Waals surface area (Å²) in [7, 11) is 3.47. The molecule has 1 N–H and O–H groups in total. The van der Waals surface area contributed by atoms with Crippen molar-refractivity contribution < 1.29 is 9.53 Å². The van der Waals surface area contributed by atoms with Gasteiger partial charge in [-0.2, -0.15) is 0 Å². The van der Waals surface area contributed by atoms with E-state index in [1.165, 1.54) is 5.56 Å². The Balaban J connectivity index is 1.73. The number of anilines is 1. The fourth-order valence-corrected chi connectivity index (χ4v) is 3.19. The van der Waals surface area contributed by atoms with Crippen LogP contribution in [-0.4, -0.2) is 43.0 Å². The summed E-state index contributed by atoms with van der Waals surface area (Å²) in [6.45, 7) is 1.56. The third-order valence-electron chi connectivity index (χ3n) is 4.56. The molecule has 1 unspecified atom stereocenters. The first-order valence-electron chi connectivity index (χ1n) is 8.28. The Bertz CT molecular complexity index is 700. The Labute approximate surface area is 142 Å². The van der Waals surface area contributed by atoms with E-state index in [9.17, 15) is 4.79 Å². The molecule has 1 aliphatic heterocycles. The zero-order valence-corrected chi connectivity index (χ0v) is 14.2. The number of likely N-dealkylation sites (tertiary alicyclic amines) is 1. The smallest absolute Gasteiger partial charge is 0.254 e. The summed E-state index contributed by atoms with van der Waals surface area (Å²) in [5, 5.41) is 2.98. The van der Waals surface area contributed by atoms with Crippen LogP contribution in [-0.2, 0) is 0 Å². The number of ether oxygens (including phenoxy) is 1. The highest BCUT2D eigenvalue weighted by molar-refractivity contribution is 5.95. The number of carbonyl (C=O) groups excluding carboxylic acids is 1. The van der Waals surface area contributed by atoms with Crippen molar-refractivity contribution in [3.8, 4) is 5.75 Å². The van der Waals surface area contributed by atoms with E-state index in [2.05, 4.69) is 22.4 Å². The lowest BCUT2D eigenvalue weighted by Crippen LogP contribution is -2.39. The largest absolute Gasteiger partial charge is 0.497 e. The minimum absolute atomic E-state index is 0.0760. The molecule has 2 aromatic rings. The fraction of sp³-hybridized carbons (Fsp3) is 0.368. The Morgan fingerprint density at radius 3 is 2.79 bits per heavy atom. The molecule has 3 rings (SSSR count). The molecule has 5 heteroatoms. The van der Waals surface area contributed by atoms with Gasteiger partial charge in [-0.1, -0.05) is 12.1 Å². The number of pyridine rings is 1. The molecule has 1 aromatic heterocycles. The normalized spacial score (nSPS) is 17.4. The lowest BCUT2D eigenvalue weighted by atomic mass is 9.90. The number of rotatable bonds is 4. The molecule has 24 heavy (non-hydrogen) atoms. The van der Waals surface area contributed by atoms with Gasteiger partial charge in [0.15, 0.2) is 0 Å². The number of carbonyl (C=O) groups is 1. The molecule has 1 fully saturated rings. The summed E-state index contributed by atoms with van der Waals surface area (Å²) in [5.74, 6) is 2.02. The zero-order valence-electron chi connectivity index (χ0n) is 14.2. The van der Waals surface area contributed by atoms with Gasteiger partial charge >= 0.3 is 0 Å². The first-order chi connectivity index (χ1) is 11.7. The van der Waals surface area contributed by atoms with Gasteiger partial charge in [-0.3, -0.25) is 4.79 Å². The van der Waals surface area contributed by atoms with Crippen molar-refractivity contribution in [2.45, 2.75) is 18.8 Å². The van der Waals surface area contributed by atoms with Crippen LogP contribution in [0.5, 0.6) is 5.75 Å². The number of amides is 1. The predicted molar refractivity (Wildman–Crippen MR) is 94.7 cm³/mol. The monoisotopic (exact) mass is 325 g/mol. The number of hydrogen-bond acceptors (Lipinski definition) is 4. The highest BCUT2D eigenvalue weighted by Crippen LogP contribution is 2.29. The number of benzene rings is 1. The second-order valence-electron chi connectivity index (χ2n) is 6.04. The topological polar surface area (TPSA) is 54.5 Å². The van der Waals surface area contributed by atoms with E-state index >= 15 is 0 Å². The molecule has 1 aliphatic rings. The fourth-order valence-electron chi connectivity index (χ4n) is 3.19. The highest BCUT2D eigenvalue weighted by atomic mass is 16.5. The first-order valence-corrected chi connectivity index (χ1v) is 8.28. The maximum atomic E-state index is 12.8. The Hall–Kier alpha value is -2.56. The predicted octanol–water partition coefficient (Wildman–Crippen LogP) is 3.15. The molecule has 0 radical (unpaired) electrons. The quantitative estimate of drug-likeness (QED) is 0.938. The molecule has 126 valence electrons. The third kappa shape index (κ3) is 3.50. The summed E-state index contributed by atoms with van der Waals surface area (Å²) >= 11 is 0. The first kappa shape index (κ1) is 16.3. The van der Waals surface area contributed by atoms with Gasteiger partial charge in [0.05, 0.1) is 7.11 Å². The van der Waals surface area contributed by atoms with Crippen molar-refractivity contribution in [3.63, 3.8) is 0 Å². The summed E-state index contributed by atoms with van der Waals surface area (Å²) in [6.07, 6.45) is 3.80. The summed E-state index contributed by atoms with van der Waals surface area (Å²) in [4.78, 5) is 18.9. The number of piperidine rings is 1. The van der Waals surface area contributed by atoms with Crippen LogP contribution >= 0.6 is 0 Å². The highest BCUT2D eigenvalue weighted by Gasteiger charge is 2.25. The molecule has 1 saturated heterocycles. The maximum Gasteiger partial charge on any atom is 0.254 e. The SMILES string of the molecule is CNc1cc(C(=O)N2CCCC(c3ccc(OC)cc3)C2)ccn1. The third-order valence-corrected chi connectivity index (χ3v) is 4.56. The van der Waals surface area contributed by atoms with Crippen LogP contribution in [0.1, 0.15) is 34.7 Å². The molecule has 0 aliphatic carbocycles. The summed E-state index contributed by atoms with van der Waals surface area (Å²) in [5.41, 5.74) is 1.95. The van der Waals surface area contributed by atoms with Crippen molar-refractivity contribution in [1.29, 1.82) is 0 Å². The maximum absolute atomic E-state index is 12.8. The van der Waals surface area contributed by atoms with Crippen LogP contribution < -0.4 is 10.1 Å². The molecular formula is C19H23N3O2. The lowest BCUT2D eigenvalue weighted by molar-refractivity contribution is 0.0707. The van der Waals surface area contributed by atoms with Crippen LogP contribution in [0, 0.1) is 0 Å². The van der Waals surface area contributed by atoms with E-state index in [0.717, 1.165) is 31.7 Å². The van der Waals surface area contributed by atoms with Crippen LogP contribution in [0.3, 0.4) is 0 Å². The minimum atomic E-state index is 0.0760. The number of nitrogens with zero attached hydrogens (tertiary/aromatic N) is 2. The Morgan fingerprint density at radius 1 is 1.29 bits per heavy atom. The second-order valence-corrected chi connectivity index (χ2v) is 6.04. The number of aromatic nitrogens is 1. The molecule has 5 nitrogen and oxygen atoms in total. The number of nitrogens with one attached hydrogen (secondary N) is 1. The van der Waals surface area contributed by atoms with Crippen molar-refractivity contribution in [2.24, 2.45) is 0 Å². The molecule has 0 bridgehead atoms. The van der Waals surface area contributed by atoms with E-state index in [-0.39, 0.29) is 5.91 Å². The minimum Gasteiger partial charge on any atom is -0.497 e. The van der Waals surface area contributed by atoms with Gasteiger partial charge in [-0.15, -0.1) is 0 Å². The van der Waals surface area contributed by atoms with Crippen LogP contribution in [0.2, 0.25) is 0 Å². The summed E-state index contributed by atoms with van der Waals surface area (Å²) in [6, 6.07) is 11.8. The molecule has 1 aromatic carbocycles. The second kappa shape index (κ2) is 7.34. The van der Waals surface area contributed by atoms with Gasteiger partial charge in [0, 0.05) is 37.8 Å². The van der Waals surface area contributed by atoms with Crippen molar-refractivity contribution in [3.05, 3.63) is 53.7 Å². The van der Waals surface area contributed by atoms with Crippen molar-refractivity contribution in [1.82, 2.24) is 9.88 Å². The van der Waals surface area contributed by atoms with Crippen LogP contribution in [0.15, 0.2) is 42.6 Å². The average Bonchev–Trinajstić information content (AvgIpc) is 2.67. The van der Waals surface area contributed by atoms with Crippen LogP contribution in [0.25, 0.3) is 0 Å². The van der Waals surface area contributed by atoms with Crippen molar-refractivity contribution >= 4 is 11.7 Å². The van der Waals surface area contributed by atoms with E-state index in [0.29, 0.717) is 17.3 Å². The Kier molecular flexibility index (Phi) is 4.99. The van der Waals surface area contributed by atoms with E-state index in [1.807, 2.05) is 17.0 Å². The van der Waals surface area contributed by atoms with Crippen molar-refractivity contribution in [2.75, 3.05) is 32.6 Å². The van der Waals surface area contributed by atoms with Gasteiger partial charge in [-0.05, 0) is 42.7 Å². The molecule has 1 atom stereocenters. The lowest BCUT2D eigenvalue weighted by Gasteiger charge is -2.33. The van der Waals surface area contributed by atoms with Crippen LogP contribution in [0.4, 0.5) is 5.82 Å². The van der Waals surface area contributed by atoms with Gasteiger partial charge in [0.25, 0.3) is 5.91 Å². The summed E-state index contributed by atoms with van der Waals surface area (Å²) < 4.78 is 5.22. The van der Waals surface area contributed by atoms with Gasteiger partial charge in [0.1, 0.15) is 11.6 Å². The molecular weight excluding hydrogens is 302 g/mol. The number of methoxy groups -OCH3 is 1. The number of hydrogen-bond donors (Lipinski definition) is 1. The van der Waals surface area contributed by atoms with Gasteiger partial charge in [0.2, 0.25) is 0 Å². The Morgan fingerprint density at radius 2 is 2.08 bits per heavy atom. The van der Waals surface area contributed by atoms with E-state index in [1.54, 1.807) is 32.5 Å². The molecule has 0 saturated carbocycles. The zero-order chi connectivity index (χ0) is 16.9. The van der Waals surface area contributed by atoms with E-state index in [4.69, 9.17) is 4.74 Å². The molecule has 2 heterocycles. The average molecular weight is 325 g/mol.